The summed E-state index contributed by atoms with van der Waals surface area (Å²) < 4.78 is 1.64. The molecule has 0 spiro atoms. The Labute approximate surface area is 210 Å². The molecule has 1 aliphatic heterocycles. The minimum absolute atomic E-state index is 0.150. The van der Waals surface area contributed by atoms with Crippen LogP contribution >= 0.6 is 11.6 Å². The Morgan fingerprint density at radius 3 is 2.23 bits per heavy atom. The predicted octanol–water partition coefficient (Wildman–Crippen LogP) is 6.26. The number of carbonyl (C=O) groups excluding carboxylic acids is 1. The Bertz CT molecular complexity index is 1280. The lowest BCUT2D eigenvalue weighted by Crippen LogP contribution is -2.41. The van der Waals surface area contributed by atoms with Gasteiger partial charge in [-0.2, -0.15) is 5.10 Å². The molecule has 0 bridgehead atoms. The van der Waals surface area contributed by atoms with Crippen LogP contribution in [0.3, 0.4) is 0 Å². The Morgan fingerprint density at radius 2 is 1.57 bits per heavy atom. The number of anilines is 2. The molecule has 6 nitrogen and oxygen atoms in total. The van der Waals surface area contributed by atoms with Gasteiger partial charge in [-0.1, -0.05) is 72.3 Å². The number of hydrogen-bond donors (Lipinski definition) is 2. The minimum Gasteiger partial charge on any atom is -0.382 e. The highest BCUT2D eigenvalue weighted by molar-refractivity contribution is 6.30. The molecule has 2 amide bonds. The highest BCUT2D eigenvalue weighted by atomic mass is 35.5. The molecule has 0 saturated carbocycles. The van der Waals surface area contributed by atoms with E-state index >= 15 is 0 Å². The van der Waals surface area contributed by atoms with Gasteiger partial charge in [-0.3, -0.25) is 0 Å². The van der Waals surface area contributed by atoms with Crippen molar-refractivity contribution in [2.75, 3.05) is 24.1 Å². The van der Waals surface area contributed by atoms with Crippen LogP contribution in [0.1, 0.15) is 18.4 Å². The average Bonchev–Trinajstić information content (AvgIpc) is 3.22. The number of amides is 2. The minimum atomic E-state index is -0.150. The van der Waals surface area contributed by atoms with E-state index in [1.54, 1.807) is 16.8 Å². The number of aromatic nitrogens is 2. The lowest BCUT2D eigenvalue weighted by Gasteiger charge is -2.32. The van der Waals surface area contributed by atoms with Crippen LogP contribution in [0.25, 0.3) is 16.9 Å². The zero-order valence-corrected chi connectivity index (χ0v) is 20.2. The Kier molecular flexibility index (Phi) is 6.73. The topological polar surface area (TPSA) is 76.2 Å². The van der Waals surface area contributed by atoms with Gasteiger partial charge in [-0.15, -0.1) is 0 Å². The number of benzene rings is 3. The Hall–Kier alpha value is -3.77. The van der Waals surface area contributed by atoms with Crippen molar-refractivity contribution in [3.63, 3.8) is 0 Å². The fraction of sp³-hybridized carbons (Fsp3) is 0.214. The van der Waals surface area contributed by atoms with Gasteiger partial charge in [0.15, 0.2) is 5.82 Å². The van der Waals surface area contributed by atoms with Gasteiger partial charge in [0.25, 0.3) is 0 Å². The molecule has 0 atom stereocenters. The lowest BCUT2D eigenvalue weighted by molar-refractivity contribution is 0.182. The molecule has 3 N–H and O–H groups in total. The van der Waals surface area contributed by atoms with Crippen LogP contribution in [0, 0.1) is 5.92 Å². The number of nitrogens with zero attached hydrogens (tertiary/aromatic N) is 3. The van der Waals surface area contributed by atoms with E-state index in [0.717, 1.165) is 43.6 Å². The van der Waals surface area contributed by atoms with Crippen molar-refractivity contribution in [3.8, 4) is 16.9 Å². The van der Waals surface area contributed by atoms with Gasteiger partial charge >= 0.3 is 6.03 Å². The van der Waals surface area contributed by atoms with E-state index < -0.39 is 0 Å². The maximum Gasteiger partial charge on any atom is 0.322 e. The number of hydrogen-bond acceptors (Lipinski definition) is 3. The van der Waals surface area contributed by atoms with E-state index in [0.29, 0.717) is 28.1 Å². The van der Waals surface area contributed by atoms with Crippen molar-refractivity contribution in [1.29, 1.82) is 0 Å². The Balaban J connectivity index is 1.34. The summed E-state index contributed by atoms with van der Waals surface area (Å²) in [5.74, 6) is 0.956. The monoisotopic (exact) mass is 485 g/mol. The summed E-state index contributed by atoms with van der Waals surface area (Å²) in [6, 6.07) is 27.4. The SMILES string of the molecule is Nc1c(NC(=O)N2CCC(Cc3ccccc3)CC2)c(-c2ccccc2)nn1-c1ccc(Cl)cc1. The molecule has 1 aliphatic rings. The van der Waals surface area contributed by atoms with E-state index in [2.05, 4.69) is 29.6 Å². The second-order valence-corrected chi connectivity index (χ2v) is 9.35. The summed E-state index contributed by atoms with van der Waals surface area (Å²) in [7, 11) is 0. The van der Waals surface area contributed by atoms with E-state index in [1.165, 1.54) is 5.56 Å². The maximum absolute atomic E-state index is 13.3. The molecule has 5 rings (SSSR count). The number of halogens is 1. The van der Waals surface area contributed by atoms with Gasteiger partial charge in [0, 0.05) is 23.7 Å². The van der Waals surface area contributed by atoms with E-state index in [9.17, 15) is 4.79 Å². The molecule has 35 heavy (non-hydrogen) atoms. The molecule has 0 unspecified atom stereocenters. The molecule has 178 valence electrons. The molecule has 3 aromatic carbocycles. The summed E-state index contributed by atoms with van der Waals surface area (Å²) in [6.45, 7) is 1.43. The first-order valence-electron chi connectivity index (χ1n) is 11.9. The predicted molar refractivity (Wildman–Crippen MR) is 142 cm³/mol. The van der Waals surface area contributed by atoms with Gasteiger partial charge in [-0.25, -0.2) is 9.48 Å². The number of rotatable bonds is 5. The molecule has 1 saturated heterocycles. The number of urea groups is 1. The largest absolute Gasteiger partial charge is 0.382 e. The Morgan fingerprint density at radius 1 is 0.943 bits per heavy atom. The molecule has 1 aromatic heterocycles. The first kappa shape index (κ1) is 23.0. The molecule has 0 aliphatic carbocycles. The normalized spacial score (nSPS) is 14.1. The molecular formula is C28H28ClN5O. The summed E-state index contributed by atoms with van der Waals surface area (Å²) >= 11 is 6.06. The van der Waals surface area contributed by atoms with Gasteiger partial charge in [0.2, 0.25) is 0 Å². The number of carbonyl (C=O) groups is 1. The summed E-state index contributed by atoms with van der Waals surface area (Å²) in [4.78, 5) is 15.1. The molecule has 1 fully saturated rings. The van der Waals surface area contributed by atoms with E-state index in [4.69, 9.17) is 22.4 Å². The van der Waals surface area contributed by atoms with Gasteiger partial charge in [0.05, 0.1) is 5.69 Å². The van der Waals surface area contributed by atoms with Crippen molar-refractivity contribution < 1.29 is 4.79 Å². The van der Waals surface area contributed by atoms with Crippen molar-refractivity contribution in [2.24, 2.45) is 5.92 Å². The van der Waals surface area contributed by atoms with E-state index in [1.807, 2.05) is 53.4 Å². The smallest absolute Gasteiger partial charge is 0.322 e. The highest BCUT2D eigenvalue weighted by Gasteiger charge is 2.26. The van der Waals surface area contributed by atoms with Crippen LogP contribution < -0.4 is 11.1 Å². The third-order valence-corrected chi connectivity index (χ3v) is 6.79. The van der Waals surface area contributed by atoms with Gasteiger partial charge in [-0.05, 0) is 55.0 Å². The molecule has 0 radical (unpaired) electrons. The molecule has 7 heteroatoms. The first-order chi connectivity index (χ1) is 17.1. The lowest BCUT2D eigenvalue weighted by atomic mass is 9.90. The summed E-state index contributed by atoms with van der Waals surface area (Å²) in [6.07, 6.45) is 3.01. The van der Waals surface area contributed by atoms with Crippen LogP contribution in [0.4, 0.5) is 16.3 Å². The quantitative estimate of drug-likeness (QED) is 0.350. The van der Waals surface area contributed by atoms with Crippen molar-refractivity contribution >= 4 is 29.1 Å². The van der Waals surface area contributed by atoms with Crippen molar-refractivity contribution in [3.05, 3.63) is 95.5 Å². The molecule has 4 aromatic rings. The highest BCUT2D eigenvalue weighted by Crippen LogP contribution is 2.35. The number of nitrogens with one attached hydrogen (secondary N) is 1. The second kappa shape index (κ2) is 10.2. The number of nitrogens with two attached hydrogens (primary N) is 1. The van der Waals surface area contributed by atoms with E-state index in [-0.39, 0.29) is 6.03 Å². The average molecular weight is 486 g/mol. The number of nitrogen functional groups attached to an aromatic ring is 1. The molecular weight excluding hydrogens is 458 g/mol. The third kappa shape index (κ3) is 5.17. The van der Waals surface area contributed by atoms with Crippen molar-refractivity contribution in [2.45, 2.75) is 19.3 Å². The summed E-state index contributed by atoms with van der Waals surface area (Å²) in [5, 5.41) is 8.45. The van der Waals surface area contributed by atoms with Crippen LogP contribution in [-0.4, -0.2) is 33.8 Å². The fourth-order valence-corrected chi connectivity index (χ4v) is 4.73. The summed E-state index contributed by atoms with van der Waals surface area (Å²) in [5.41, 5.74) is 10.7. The van der Waals surface area contributed by atoms with Crippen LogP contribution in [0.15, 0.2) is 84.9 Å². The van der Waals surface area contributed by atoms with Crippen molar-refractivity contribution in [1.82, 2.24) is 14.7 Å². The zero-order valence-electron chi connectivity index (χ0n) is 19.4. The first-order valence-corrected chi connectivity index (χ1v) is 12.3. The van der Waals surface area contributed by atoms with Gasteiger partial charge in [0.1, 0.15) is 11.4 Å². The van der Waals surface area contributed by atoms with Crippen LogP contribution in [0.2, 0.25) is 5.02 Å². The number of likely N-dealkylation sites (tertiary alicyclic amines) is 1. The van der Waals surface area contributed by atoms with Gasteiger partial charge < -0.3 is 16.0 Å². The standard InChI is InChI=1S/C28H28ClN5O/c29-23-11-13-24(14-12-23)34-27(30)26(25(32-34)22-9-5-2-6-10-22)31-28(35)33-17-15-21(16-18-33)19-20-7-3-1-4-8-20/h1-14,21H,15-19,30H2,(H,31,35). The van der Waals surface area contributed by atoms with Crippen LogP contribution in [-0.2, 0) is 6.42 Å². The van der Waals surface area contributed by atoms with Crippen LogP contribution in [0.5, 0.6) is 0 Å². The number of piperidine rings is 1. The fourth-order valence-electron chi connectivity index (χ4n) is 4.61. The molecule has 2 heterocycles. The third-order valence-electron chi connectivity index (χ3n) is 6.54. The maximum atomic E-state index is 13.3. The second-order valence-electron chi connectivity index (χ2n) is 8.91. The zero-order chi connectivity index (χ0) is 24.2.